The second kappa shape index (κ2) is 5.74. The van der Waals surface area contributed by atoms with Crippen molar-refractivity contribution in [2.45, 2.75) is 6.54 Å². The number of nitrogens with two attached hydrogens (primary N) is 1. The number of hydrogen-bond donors (Lipinski definition) is 2. The summed E-state index contributed by atoms with van der Waals surface area (Å²) >= 11 is 2.25. The number of nitrogens with one attached hydrogen (secondary N) is 1. The standard InChI is InChI=1S/C14H12IN3/c15-13-7-12(17)5-6-14(13)18-9-11-3-1-10(8-16)2-4-11/h1-7,18H,9,17H2. The third-order valence-electron chi connectivity index (χ3n) is 2.56. The minimum atomic E-state index is 0.681. The van der Waals surface area contributed by atoms with E-state index in [0.29, 0.717) is 5.56 Å². The summed E-state index contributed by atoms with van der Waals surface area (Å²) in [6, 6.07) is 15.4. The highest BCUT2D eigenvalue weighted by Crippen LogP contribution is 2.21. The second-order valence-electron chi connectivity index (χ2n) is 3.90. The molecule has 3 nitrogen and oxygen atoms in total. The molecule has 0 saturated heterocycles. The molecule has 0 saturated carbocycles. The zero-order valence-corrected chi connectivity index (χ0v) is 11.8. The van der Waals surface area contributed by atoms with Crippen molar-refractivity contribution >= 4 is 34.0 Å². The van der Waals surface area contributed by atoms with E-state index in [1.54, 1.807) is 0 Å². The number of nitriles is 1. The summed E-state index contributed by atoms with van der Waals surface area (Å²) in [6.07, 6.45) is 0. The van der Waals surface area contributed by atoms with Gasteiger partial charge in [0, 0.05) is 21.5 Å². The number of nitrogen functional groups attached to an aromatic ring is 1. The van der Waals surface area contributed by atoms with Crippen molar-refractivity contribution in [1.82, 2.24) is 0 Å². The molecule has 0 bridgehead atoms. The van der Waals surface area contributed by atoms with Gasteiger partial charge in [-0.2, -0.15) is 5.26 Å². The van der Waals surface area contributed by atoms with Crippen LogP contribution in [0.3, 0.4) is 0 Å². The van der Waals surface area contributed by atoms with Gasteiger partial charge >= 0.3 is 0 Å². The first kappa shape index (κ1) is 12.7. The molecule has 0 atom stereocenters. The van der Waals surface area contributed by atoms with Gasteiger partial charge in [-0.3, -0.25) is 0 Å². The fourth-order valence-electron chi connectivity index (χ4n) is 1.57. The molecular formula is C14H12IN3. The molecule has 2 aromatic carbocycles. The molecule has 0 aliphatic heterocycles. The van der Waals surface area contributed by atoms with Crippen LogP contribution < -0.4 is 11.1 Å². The molecular weight excluding hydrogens is 337 g/mol. The molecule has 0 fully saturated rings. The highest BCUT2D eigenvalue weighted by molar-refractivity contribution is 14.1. The van der Waals surface area contributed by atoms with Crippen molar-refractivity contribution < 1.29 is 0 Å². The maximum Gasteiger partial charge on any atom is 0.0991 e. The summed E-state index contributed by atoms with van der Waals surface area (Å²) in [5.74, 6) is 0. The largest absolute Gasteiger partial charge is 0.399 e. The van der Waals surface area contributed by atoms with Crippen molar-refractivity contribution in [3.63, 3.8) is 0 Å². The third-order valence-corrected chi connectivity index (χ3v) is 3.45. The van der Waals surface area contributed by atoms with E-state index in [1.807, 2.05) is 42.5 Å². The average molecular weight is 349 g/mol. The summed E-state index contributed by atoms with van der Waals surface area (Å²) in [5, 5.41) is 12.1. The van der Waals surface area contributed by atoms with Crippen molar-refractivity contribution in [1.29, 1.82) is 5.26 Å². The van der Waals surface area contributed by atoms with E-state index in [9.17, 15) is 0 Å². The quantitative estimate of drug-likeness (QED) is 0.660. The summed E-state index contributed by atoms with van der Waals surface area (Å²) in [6.45, 7) is 0.728. The van der Waals surface area contributed by atoms with Crippen molar-refractivity contribution in [2.75, 3.05) is 11.1 Å². The van der Waals surface area contributed by atoms with E-state index in [0.717, 1.165) is 27.1 Å². The van der Waals surface area contributed by atoms with Crippen LogP contribution in [0.2, 0.25) is 0 Å². The Kier molecular flexibility index (Phi) is 4.05. The van der Waals surface area contributed by atoms with Crippen LogP contribution in [0, 0.1) is 14.9 Å². The molecule has 0 aromatic heterocycles. The van der Waals surface area contributed by atoms with Crippen LogP contribution in [0.5, 0.6) is 0 Å². The first-order chi connectivity index (χ1) is 8.69. The Hall–Kier alpha value is -1.74. The zero-order valence-electron chi connectivity index (χ0n) is 9.65. The molecule has 0 amide bonds. The van der Waals surface area contributed by atoms with Gasteiger partial charge in [-0.25, -0.2) is 0 Å². The molecule has 3 N–H and O–H groups in total. The van der Waals surface area contributed by atoms with Gasteiger partial charge in [0.1, 0.15) is 0 Å². The van der Waals surface area contributed by atoms with Gasteiger partial charge in [0.25, 0.3) is 0 Å². The Morgan fingerprint density at radius 3 is 2.50 bits per heavy atom. The van der Waals surface area contributed by atoms with Crippen molar-refractivity contribution in [3.05, 3.63) is 57.2 Å². The van der Waals surface area contributed by atoms with E-state index in [4.69, 9.17) is 11.0 Å². The van der Waals surface area contributed by atoms with Crippen LogP contribution in [-0.4, -0.2) is 0 Å². The molecule has 0 unspecified atom stereocenters. The lowest BCUT2D eigenvalue weighted by Crippen LogP contribution is -2.01. The van der Waals surface area contributed by atoms with Crippen LogP contribution in [0.4, 0.5) is 11.4 Å². The molecule has 18 heavy (non-hydrogen) atoms. The number of rotatable bonds is 3. The van der Waals surface area contributed by atoms with Gasteiger partial charge in [0.05, 0.1) is 11.6 Å². The lowest BCUT2D eigenvalue weighted by Gasteiger charge is -2.09. The SMILES string of the molecule is N#Cc1ccc(CNc2ccc(N)cc2I)cc1. The Balaban J connectivity index is 2.04. The number of nitrogens with zero attached hydrogens (tertiary/aromatic N) is 1. The van der Waals surface area contributed by atoms with Crippen molar-refractivity contribution in [2.24, 2.45) is 0 Å². The molecule has 0 spiro atoms. The van der Waals surface area contributed by atoms with Gasteiger partial charge in [-0.15, -0.1) is 0 Å². The molecule has 90 valence electrons. The Bertz CT molecular complexity index is 585. The summed E-state index contributed by atoms with van der Waals surface area (Å²) in [4.78, 5) is 0. The number of hydrogen-bond acceptors (Lipinski definition) is 3. The van der Waals surface area contributed by atoms with E-state index in [-0.39, 0.29) is 0 Å². The van der Waals surface area contributed by atoms with Gasteiger partial charge in [0.15, 0.2) is 0 Å². The Labute approximate surface area is 120 Å². The molecule has 0 radical (unpaired) electrons. The fraction of sp³-hybridized carbons (Fsp3) is 0.0714. The van der Waals surface area contributed by atoms with E-state index in [2.05, 4.69) is 34.0 Å². The minimum Gasteiger partial charge on any atom is -0.399 e. The van der Waals surface area contributed by atoms with Gasteiger partial charge in [-0.05, 0) is 58.5 Å². The Morgan fingerprint density at radius 1 is 1.17 bits per heavy atom. The average Bonchev–Trinajstić information content (AvgIpc) is 2.38. The highest BCUT2D eigenvalue weighted by atomic mass is 127. The highest BCUT2D eigenvalue weighted by Gasteiger charge is 2.00. The second-order valence-corrected chi connectivity index (χ2v) is 5.06. The van der Waals surface area contributed by atoms with Crippen LogP contribution in [0.15, 0.2) is 42.5 Å². The predicted molar refractivity (Wildman–Crippen MR) is 82.1 cm³/mol. The summed E-state index contributed by atoms with van der Waals surface area (Å²) in [5.41, 5.74) is 9.36. The van der Waals surface area contributed by atoms with Crippen LogP contribution in [0.1, 0.15) is 11.1 Å². The topological polar surface area (TPSA) is 61.8 Å². The van der Waals surface area contributed by atoms with Gasteiger partial charge in [-0.1, -0.05) is 12.1 Å². The maximum absolute atomic E-state index is 8.72. The van der Waals surface area contributed by atoms with E-state index in [1.165, 1.54) is 0 Å². The maximum atomic E-state index is 8.72. The predicted octanol–water partition coefficient (Wildman–Crippen LogP) is 3.36. The number of benzene rings is 2. The molecule has 2 aromatic rings. The third kappa shape index (κ3) is 3.14. The molecule has 2 rings (SSSR count). The normalized spacial score (nSPS) is 9.78. The smallest absolute Gasteiger partial charge is 0.0991 e. The van der Waals surface area contributed by atoms with Gasteiger partial charge in [0.2, 0.25) is 0 Å². The fourth-order valence-corrected chi connectivity index (χ4v) is 2.30. The zero-order chi connectivity index (χ0) is 13.0. The minimum absolute atomic E-state index is 0.681. The Morgan fingerprint density at radius 2 is 1.89 bits per heavy atom. The number of halogens is 1. The molecule has 0 heterocycles. The lowest BCUT2D eigenvalue weighted by molar-refractivity contribution is 1.14. The van der Waals surface area contributed by atoms with Crippen LogP contribution >= 0.6 is 22.6 Å². The van der Waals surface area contributed by atoms with E-state index < -0.39 is 0 Å². The molecule has 0 aliphatic rings. The summed E-state index contributed by atoms with van der Waals surface area (Å²) < 4.78 is 1.10. The number of anilines is 2. The van der Waals surface area contributed by atoms with Crippen molar-refractivity contribution in [3.8, 4) is 6.07 Å². The molecule has 4 heteroatoms. The first-order valence-electron chi connectivity index (χ1n) is 5.47. The van der Waals surface area contributed by atoms with Crippen LogP contribution in [-0.2, 0) is 6.54 Å². The molecule has 0 aliphatic carbocycles. The first-order valence-corrected chi connectivity index (χ1v) is 6.55. The van der Waals surface area contributed by atoms with Gasteiger partial charge < -0.3 is 11.1 Å². The van der Waals surface area contributed by atoms with Crippen LogP contribution in [0.25, 0.3) is 0 Å². The lowest BCUT2D eigenvalue weighted by atomic mass is 10.1. The monoisotopic (exact) mass is 349 g/mol. The van der Waals surface area contributed by atoms with E-state index >= 15 is 0 Å². The summed E-state index contributed by atoms with van der Waals surface area (Å²) in [7, 11) is 0.